The van der Waals surface area contributed by atoms with Crippen molar-refractivity contribution in [3.63, 3.8) is 0 Å². The second kappa shape index (κ2) is 17.4. The van der Waals surface area contributed by atoms with E-state index in [-0.39, 0.29) is 12.3 Å². The predicted octanol–water partition coefficient (Wildman–Crippen LogP) is -2.28. The molecule has 0 aliphatic heterocycles. The van der Waals surface area contributed by atoms with Crippen LogP contribution in [0.1, 0.15) is 59.3 Å². The van der Waals surface area contributed by atoms with Crippen molar-refractivity contribution in [2.75, 3.05) is 0 Å². The molecule has 0 fully saturated rings. The Labute approximate surface area is 224 Å². The molecule has 0 aromatic rings. The zero-order chi connectivity index (χ0) is 30.3. The molecule has 0 unspecified atom stereocenters. The largest absolute Gasteiger partial charge is 0.481 e. The highest BCUT2D eigenvalue weighted by molar-refractivity contribution is 5.95. The van der Waals surface area contributed by atoms with Gasteiger partial charge >= 0.3 is 17.9 Å². The minimum absolute atomic E-state index is 0.229. The summed E-state index contributed by atoms with van der Waals surface area (Å²) in [4.78, 5) is 94.5. The second-order valence-electron chi connectivity index (χ2n) is 9.17. The number of carbonyl (C=O) groups is 8. The molecule has 0 spiro atoms. The number of nitrogens with two attached hydrogens (primary N) is 1. The smallest absolute Gasteiger partial charge is 0.303 e. The minimum atomic E-state index is -1.51. The molecule has 0 saturated carbocycles. The molecule has 0 saturated heterocycles. The van der Waals surface area contributed by atoms with Crippen LogP contribution in [0.2, 0.25) is 0 Å². The summed E-state index contributed by atoms with van der Waals surface area (Å²) in [7, 11) is 0. The molecular weight excluding hydrogens is 522 g/mol. The molecule has 39 heavy (non-hydrogen) atoms. The molecular formula is C23H37N5O11. The fourth-order valence-corrected chi connectivity index (χ4v) is 3.06. The van der Waals surface area contributed by atoms with Crippen molar-refractivity contribution >= 4 is 47.8 Å². The summed E-state index contributed by atoms with van der Waals surface area (Å²) in [5.41, 5.74) is 5.63. The monoisotopic (exact) mass is 559 g/mol. The zero-order valence-electron chi connectivity index (χ0n) is 22.0. The maximum atomic E-state index is 12.9. The summed E-state index contributed by atoms with van der Waals surface area (Å²) in [6.45, 7) is 4.69. The summed E-state index contributed by atoms with van der Waals surface area (Å²) in [5, 5.41) is 36.0. The van der Waals surface area contributed by atoms with E-state index < -0.39 is 104 Å². The van der Waals surface area contributed by atoms with Gasteiger partial charge in [0.25, 0.3) is 0 Å². The molecule has 16 heteroatoms. The number of carboxylic acids is 3. The molecule has 0 bridgehead atoms. The topological polar surface area (TPSA) is 271 Å². The van der Waals surface area contributed by atoms with Gasteiger partial charge in [-0.2, -0.15) is 0 Å². The molecule has 0 aliphatic rings. The average Bonchev–Trinajstić information content (AvgIpc) is 2.84. The van der Waals surface area contributed by atoms with E-state index in [9.17, 15) is 38.4 Å². The first-order chi connectivity index (χ1) is 18.1. The molecule has 5 atom stereocenters. The molecule has 0 radical (unpaired) electrons. The van der Waals surface area contributed by atoms with Gasteiger partial charge in [-0.3, -0.25) is 33.6 Å². The summed E-state index contributed by atoms with van der Waals surface area (Å²) < 4.78 is 0. The van der Waals surface area contributed by atoms with Crippen molar-refractivity contribution in [2.45, 2.75) is 89.5 Å². The number of aliphatic carboxylic acids is 3. The van der Waals surface area contributed by atoms with Gasteiger partial charge in [-0.1, -0.05) is 13.8 Å². The Morgan fingerprint density at radius 3 is 1.46 bits per heavy atom. The van der Waals surface area contributed by atoms with Crippen LogP contribution in [0.25, 0.3) is 0 Å². The summed E-state index contributed by atoms with van der Waals surface area (Å²) >= 11 is 0. The zero-order valence-corrected chi connectivity index (χ0v) is 22.0. The number of carboxylic acid groups (broad SMARTS) is 3. The molecule has 0 aromatic carbocycles. The van der Waals surface area contributed by atoms with E-state index in [2.05, 4.69) is 21.3 Å². The maximum Gasteiger partial charge on any atom is 0.303 e. The quantitative estimate of drug-likeness (QED) is 0.0778. The third-order valence-corrected chi connectivity index (χ3v) is 5.49. The van der Waals surface area contributed by atoms with Crippen LogP contribution in [0.15, 0.2) is 0 Å². The van der Waals surface area contributed by atoms with Crippen molar-refractivity contribution in [2.24, 2.45) is 11.7 Å². The number of carbonyl (C=O) groups excluding carboxylic acids is 5. The SMILES string of the molecule is CC(C)[C@@H](C=O)NC(=O)[C@H](C)NC(=O)[C@H](CCC(=O)O)NC(=O)[C@H](CCC(=O)O)NC(=O)[C@@H](N)CCC(=O)O. The van der Waals surface area contributed by atoms with Crippen LogP contribution in [0.3, 0.4) is 0 Å². The van der Waals surface area contributed by atoms with Gasteiger partial charge in [-0.25, -0.2) is 0 Å². The molecule has 0 heterocycles. The Hall–Kier alpha value is -4.08. The second-order valence-corrected chi connectivity index (χ2v) is 9.17. The first-order valence-electron chi connectivity index (χ1n) is 12.2. The van der Waals surface area contributed by atoms with E-state index in [4.69, 9.17) is 21.1 Å². The fraction of sp³-hybridized carbons (Fsp3) is 0.652. The first-order valence-corrected chi connectivity index (χ1v) is 12.2. The molecule has 9 N–H and O–H groups in total. The highest BCUT2D eigenvalue weighted by Gasteiger charge is 2.30. The number of aldehydes is 1. The lowest BCUT2D eigenvalue weighted by atomic mass is 10.0. The lowest BCUT2D eigenvalue weighted by Crippen LogP contribution is -2.58. The van der Waals surface area contributed by atoms with Crippen molar-refractivity contribution in [3.05, 3.63) is 0 Å². The van der Waals surface area contributed by atoms with Crippen LogP contribution in [0.5, 0.6) is 0 Å². The van der Waals surface area contributed by atoms with Crippen LogP contribution in [-0.2, 0) is 38.4 Å². The number of hydrogen-bond donors (Lipinski definition) is 8. The van der Waals surface area contributed by atoms with Gasteiger partial charge in [-0.15, -0.1) is 0 Å². The van der Waals surface area contributed by atoms with Gasteiger partial charge < -0.3 is 47.1 Å². The Bertz CT molecular complexity index is 924. The summed E-state index contributed by atoms with van der Waals surface area (Å²) in [5.74, 6) is -7.65. The fourth-order valence-electron chi connectivity index (χ4n) is 3.06. The highest BCUT2D eigenvalue weighted by atomic mass is 16.4. The van der Waals surface area contributed by atoms with Crippen LogP contribution in [-0.4, -0.2) is 93.4 Å². The van der Waals surface area contributed by atoms with Crippen LogP contribution < -0.4 is 27.0 Å². The van der Waals surface area contributed by atoms with Crippen molar-refractivity contribution < 1.29 is 53.7 Å². The predicted molar refractivity (Wildman–Crippen MR) is 133 cm³/mol. The maximum absolute atomic E-state index is 12.9. The molecule has 4 amide bonds. The van der Waals surface area contributed by atoms with E-state index in [0.717, 1.165) is 0 Å². The number of hydrogen-bond acceptors (Lipinski definition) is 9. The van der Waals surface area contributed by atoms with Gasteiger partial charge in [0.05, 0.1) is 12.1 Å². The van der Waals surface area contributed by atoms with Crippen LogP contribution in [0, 0.1) is 5.92 Å². The highest BCUT2D eigenvalue weighted by Crippen LogP contribution is 2.06. The Kier molecular flexibility index (Phi) is 15.6. The first kappa shape index (κ1) is 34.9. The van der Waals surface area contributed by atoms with Gasteiger partial charge in [-0.05, 0) is 32.1 Å². The van der Waals surface area contributed by atoms with E-state index in [0.29, 0.717) is 6.29 Å². The van der Waals surface area contributed by atoms with Gasteiger partial charge in [0.1, 0.15) is 24.4 Å². The number of rotatable bonds is 19. The number of nitrogens with one attached hydrogen (secondary N) is 4. The number of amides is 4. The lowest BCUT2D eigenvalue weighted by Gasteiger charge is -2.25. The summed E-state index contributed by atoms with van der Waals surface area (Å²) in [6, 6.07) is -6.34. The van der Waals surface area contributed by atoms with Crippen molar-refractivity contribution in [3.8, 4) is 0 Å². The van der Waals surface area contributed by atoms with Crippen LogP contribution in [0.4, 0.5) is 0 Å². The average molecular weight is 560 g/mol. The third kappa shape index (κ3) is 14.4. The van der Waals surface area contributed by atoms with E-state index in [1.807, 2.05) is 0 Å². The molecule has 0 aromatic heterocycles. The molecule has 16 nitrogen and oxygen atoms in total. The third-order valence-electron chi connectivity index (χ3n) is 5.49. The van der Waals surface area contributed by atoms with Crippen molar-refractivity contribution in [1.29, 1.82) is 0 Å². The van der Waals surface area contributed by atoms with Gasteiger partial charge in [0.2, 0.25) is 23.6 Å². The van der Waals surface area contributed by atoms with Crippen molar-refractivity contribution in [1.82, 2.24) is 21.3 Å². The van der Waals surface area contributed by atoms with E-state index in [1.165, 1.54) is 6.92 Å². The molecule has 0 aliphatic carbocycles. The van der Waals surface area contributed by atoms with E-state index >= 15 is 0 Å². The van der Waals surface area contributed by atoms with Gasteiger partial charge in [0.15, 0.2) is 0 Å². The van der Waals surface area contributed by atoms with E-state index in [1.54, 1.807) is 13.8 Å². The van der Waals surface area contributed by atoms with Crippen LogP contribution >= 0.6 is 0 Å². The Balaban J connectivity index is 5.60. The lowest BCUT2D eigenvalue weighted by molar-refractivity contribution is -0.140. The molecule has 220 valence electrons. The minimum Gasteiger partial charge on any atom is -0.481 e. The normalized spacial score (nSPS) is 14.6. The Morgan fingerprint density at radius 1 is 0.641 bits per heavy atom. The Morgan fingerprint density at radius 2 is 1.05 bits per heavy atom. The standard InChI is InChI=1S/C23H37N5O11/c1-11(2)16(10-29)28-20(36)12(3)25-22(38)14(5-8-18(32)33)27-23(39)15(6-9-19(34)35)26-21(37)13(24)4-7-17(30)31/h10-16H,4-9,24H2,1-3H3,(H,25,38)(H,26,37)(H,27,39)(H,28,36)(H,30,31)(H,32,33)(H,34,35)/t12-,13-,14-,15-,16+/m0/s1. The van der Waals surface area contributed by atoms with Gasteiger partial charge in [0, 0.05) is 19.3 Å². The molecule has 0 rings (SSSR count). The summed E-state index contributed by atoms with van der Waals surface area (Å²) in [6.07, 6.45) is -2.14.